The minimum atomic E-state index is -0.215. The molecule has 2 aromatic carbocycles. The Bertz CT molecular complexity index is 858. The van der Waals surface area contributed by atoms with Crippen molar-refractivity contribution >= 4 is 34.8 Å². The Hall–Kier alpha value is -2.57. The van der Waals surface area contributed by atoms with E-state index in [-0.39, 0.29) is 30.8 Å². The molecule has 7 heteroatoms. The molecule has 1 aliphatic heterocycles. The van der Waals surface area contributed by atoms with Crippen LogP contribution in [0.2, 0.25) is 5.02 Å². The molecule has 2 aromatic rings. The molecule has 0 radical (unpaired) electrons. The van der Waals surface area contributed by atoms with Crippen molar-refractivity contribution in [3.05, 3.63) is 53.6 Å². The number of fused-ring (bicyclic) bond motifs is 1. The number of carbonyl (C=O) groups is 2. The minimum Gasteiger partial charge on any atom is -0.492 e. The van der Waals surface area contributed by atoms with Crippen LogP contribution in [0.4, 0.5) is 11.4 Å². The van der Waals surface area contributed by atoms with Crippen LogP contribution in [0.25, 0.3) is 0 Å². The Kier molecular flexibility index (Phi) is 6.54. The number of nitrogens with one attached hydrogen (secondary N) is 1. The lowest BCUT2D eigenvalue weighted by molar-refractivity contribution is -0.120. The third-order valence-corrected chi connectivity index (χ3v) is 4.81. The molecule has 1 N–H and O–H groups in total. The largest absolute Gasteiger partial charge is 0.492 e. The highest BCUT2D eigenvalue weighted by molar-refractivity contribution is 6.30. The van der Waals surface area contributed by atoms with Crippen molar-refractivity contribution in [1.29, 1.82) is 0 Å². The van der Waals surface area contributed by atoms with E-state index in [0.29, 0.717) is 29.6 Å². The summed E-state index contributed by atoms with van der Waals surface area (Å²) in [5, 5.41) is 3.49. The highest BCUT2D eigenvalue weighted by Crippen LogP contribution is 2.31. The number of rotatable bonds is 6. The summed E-state index contributed by atoms with van der Waals surface area (Å²) in [7, 11) is 1.87. The first-order valence-corrected chi connectivity index (χ1v) is 9.59. The van der Waals surface area contributed by atoms with Gasteiger partial charge in [-0.1, -0.05) is 29.8 Å². The lowest BCUT2D eigenvalue weighted by Crippen LogP contribution is -2.44. The van der Waals surface area contributed by atoms with Gasteiger partial charge in [-0.15, -0.1) is 0 Å². The van der Waals surface area contributed by atoms with E-state index in [1.807, 2.05) is 55.3 Å². The van der Waals surface area contributed by atoms with E-state index < -0.39 is 0 Å². The number of para-hydroxylation sites is 2. The van der Waals surface area contributed by atoms with Crippen molar-refractivity contribution in [2.24, 2.45) is 0 Å². The van der Waals surface area contributed by atoms with Gasteiger partial charge < -0.3 is 15.0 Å². The second kappa shape index (κ2) is 9.08. The van der Waals surface area contributed by atoms with Crippen LogP contribution in [-0.2, 0) is 9.59 Å². The van der Waals surface area contributed by atoms with Gasteiger partial charge in [-0.2, -0.15) is 0 Å². The molecule has 0 bridgehead atoms. The zero-order valence-corrected chi connectivity index (χ0v) is 16.8. The summed E-state index contributed by atoms with van der Waals surface area (Å²) >= 11 is 5.95. The normalized spacial score (nSPS) is 16.4. The molecule has 0 aliphatic carbocycles. The van der Waals surface area contributed by atoms with E-state index in [1.54, 1.807) is 17.0 Å². The number of halogens is 1. The van der Waals surface area contributed by atoms with Crippen LogP contribution in [0, 0.1) is 0 Å². The molecule has 0 saturated carbocycles. The molecule has 0 spiro atoms. The molecule has 1 aliphatic rings. The van der Waals surface area contributed by atoms with E-state index >= 15 is 0 Å². The molecule has 0 aromatic heterocycles. The zero-order chi connectivity index (χ0) is 20.1. The van der Waals surface area contributed by atoms with Crippen molar-refractivity contribution in [3.63, 3.8) is 0 Å². The van der Waals surface area contributed by atoms with E-state index in [0.717, 1.165) is 5.69 Å². The number of benzene rings is 2. The summed E-state index contributed by atoms with van der Waals surface area (Å²) in [5.41, 5.74) is 1.39. The second-order valence-electron chi connectivity index (χ2n) is 6.93. The van der Waals surface area contributed by atoms with Gasteiger partial charge in [0.1, 0.15) is 12.4 Å². The predicted octanol–water partition coefficient (Wildman–Crippen LogP) is 3.41. The molecule has 28 heavy (non-hydrogen) atoms. The number of nitrogens with zero attached hydrogens (tertiary/aromatic N) is 2. The number of hydrogen-bond acceptors (Lipinski definition) is 4. The molecular weight excluding hydrogens is 378 g/mol. The average Bonchev–Trinajstić information content (AvgIpc) is 2.75. The van der Waals surface area contributed by atoms with Crippen molar-refractivity contribution in [1.82, 2.24) is 4.90 Å². The van der Waals surface area contributed by atoms with Crippen molar-refractivity contribution < 1.29 is 14.3 Å². The number of hydrogen-bond donors (Lipinski definition) is 1. The monoisotopic (exact) mass is 401 g/mol. The maximum atomic E-state index is 13.0. The lowest BCUT2D eigenvalue weighted by Gasteiger charge is -2.29. The van der Waals surface area contributed by atoms with E-state index in [1.165, 1.54) is 0 Å². The Morgan fingerprint density at radius 2 is 2.07 bits per heavy atom. The standard InChI is InChI=1S/C21H24ClN3O3/c1-15-12-20(26)23-18-8-3-4-9-19(18)25(15)21(27)14-24(2)10-11-28-17-7-5-6-16(22)13-17/h3-9,13,15H,10-12,14H2,1-2H3,(H,23,26)/t15-/m0/s1. The van der Waals surface area contributed by atoms with Crippen LogP contribution in [0.5, 0.6) is 5.75 Å². The first kappa shape index (κ1) is 20.2. The first-order chi connectivity index (χ1) is 13.4. The molecule has 0 unspecified atom stereocenters. The van der Waals surface area contributed by atoms with Crippen molar-refractivity contribution in [2.75, 3.05) is 37.0 Å². The fourth-order valence-corrected chi connectivity index (χ4v) is 3.41. The van der Waals surface area contributed by atoms with Gasteiger partial charge in [0.25, 0.3) is 0 Å². The van der Waals surface area contributed by atoms with Crippen LogP contribution in [0.1, 0.15) is 13.3 Å². The quantitative estimate of drug-likeness (QED) is 0.805. The summed E-state index contributed by atoms with van der Waals surface area (Å²) < 4.78 is 5.69. The SMILES string of the molecule is C[C@H]1CC(=O)Nc2ccccc2N1C(=O)CN(C)CCOc1cccc(Cl)c1. The highest BCUT2D eigenvalue weighted by Gasteiger charge is 2.29. The Balaban J connectivity index is 1.60. The number of likely N-dealkylation sites (N-methyl/N-ethyl adjacent to an activating group) is 1. The molecule has 3 rings (SSSR count). The maximum Gasteiger partial charge on any atom is 0.241 e. The Labute approximate surface area is 170 Å². The number of carbonyl (C=O) groups excluding carboxylic acids is 2. The molecule has 148 valence electrons. The smallest absolute Gasteiger partial charge is 0.241 e. The fourth-order valence-electron chi connectivity index (χ4n) is 3.23. The molecular formula is C21H24ClN3O3. The number of ether oxygens (including phenoxy) is 1. The first-order valence-electron chi connectivity index (χ1n) is 9.22. The minimum absolute atomic E-state index is 0.0540. The van der Waals surface area contributed by atoms with Gasteiger partial charge in [0.15, 0.2) is 0 Å². The summed E-state index contributed by atoms with van der Waals surface area (Å²) in [6, 6.07) is 14.4. The second-order valence-corrected chi connectivity index (χ2v) is 7.36. The number of amides is 2. The molecule has 0 saturated heterocycles. The average molecular weight is 402 g/mol. The molecule has 6 nitrogen and oxygen atoms in total. The topological polar surface area (TPSA) is 61.9 Å². The zero-order valence-electron chi connectivity index (χ0n) is 16.0. The van der Waals surface area contributed by atoms with Gasteiger partial charge >= 0.3 is 0 Å². The summed E-state index contributed by atoms with van der Waals surface area (Å²) in [6.07, 6.45) is 0.266. The van der Waals surface area contributed by atoms with E-state index in [4.69, 9.17) is 16.3 Å². The van der Waals surface area contributed by atoms with E-state index in [2.05, 4.69) is 5.32 Å². The Morgan fingerprint density at radius 3 is 2.86 bits per heavy atom. The van der Waals surface area contributed by atoms with E-state index in [9.17, 15) is 9.59 Å². The van der Waals surface area contributed by atoms with Gasteiger partial charge in [0.2, 0.25) is 11.8 Å². The molecule has 2 amide bonds. The fraction of sp³-hybridized carbons (Fsp3) is 0.333. The van der Waals surface area contributed by atoms with Gasteiger partial charge in [-0.25, -0.2) is 0 Å². The maximum absolute atomic E-state index is 13.0. The van der Waals surface area contributed by atoms with Crippen molar-refractivity contribution in [2.45, 2.75) is 19.4 Å². The van der Waals surface area contributed by atoms with Crippen LogP contribution >= 0.6 is 11.6 Å². The predicted molar refractivity (Wildman–Crippen MR) is 111 cm³/mol. The molecule has 1 heterocycles. The van der Waals surface area contributed by atoms with Crippen LogP contribution < -0.4 is 15.0 Å². The summed E-state index contributed by atoms with van der Waals surface area (Å²) in [6.45, 7) is 3.14. The lowest BCUT2D eigenvalue weighted by atomic mass is 10.1. The van der Waals surface area contributed by atoms with Crippen LogP contribution in [0.3, 0.4) is 0 Å². The third kappa shape index (κ3) is 5.03. The Morgan fingerprint density at radius 1 is 1.29 bits per heavy atom. The van der Waals surface area contributed by atoms with Gasteiger partial charge in [-0.05, 0) is 44.3 Å². The van der Waals surface area contributed by atoms with Crippen molar-refractivity contribution in [3.8, 4) is 5.75 Å². The van der Waals surface area contributed by atoms with Crippen LogP contribution in [-0.4, -0.2) is 49.5 Å². The summed E-state index contributed by atoms with van der Waals surface area (Å²) in [5.74, 6) is 0.562. The van der Waals surface area contributed by atoms with Gasteiger partial charge in [0, 0.05) is 24.0 Å². The van der Waals surface area contributed by atoms with Gasteiger partial charge in [0.05, 0.1) is 17.9 Å². The third-order valence-electron chi connectivity index (χ3n) is 4.57. The molecule has 1 atom stereocenters. The summed E-state index contributed by atoms with van der Waals surface area (Å²) in [4.78, 5) is 28.7. The molecule has 0 fully saturated rings. The van der Waals surface area contributed by atoms with Gasteiger partial charge in [-0.3, -0.25) is 14.5 Å². The number of anilines is 2. The van der Waals surface area contributed by atoms with Crippen LogP contribution in [0.15, 0.2) is 48.5 Å². The highest BCUT2D eigenvalue weighted by atomic mass is 35.5.